The van der Waals surface area contributed by atoms with Gasteiger partial charge in [0, 0.05) is 16.5 Å². The van der Waals surface area contributed by atoms with Crippen molar-refractivity contribution in [2.24, 2.45) is 0 Å². The number of ketones is 1. The van der Waals surface area contributed by atoms with Crippen LogP contribution in [0.4, 0.5) is 0 Å². The number of fused-ring (bicyclic) bond motifs is 2. The zero-order valence-corrected chi connectivity index (χ0v) is 15.5. The van der Waals surface area contributed by atoms with Crippen LogP contribution >= 0.6 is 0 Å². The van der Waals surface area contributed by atoms with E-state index in [0.29, 0.717) is 28.2 Å². The molecule has 0 radical (unpaired) electrons. The number of furan rings is 1. The standard InChI is InChI=1S/C21H17NO7/c1-12-14-4-2-3-5-16(14)29-20(12)15(23)10-26-19(24)9-22-21(25)13-6-7-17-18(8-13)28-11-27-17/h2-8H,9-11H2,1H3,(H,22,25). The van der Waals surface area contributed by atoms with Gasteiger partial charge in [0.1, 0.15) is 12.1 Å². The highest BCUT2D eigenvalue weighted by Gasteiger charge is 2.20. The fraction of sp³-hybridized carbons (Fsp3) is 0.190. The van der Waals surface area contributed by atoms with Crippen LogP contribution in [0.25, 0.3) is 11.0 Å². The van der Waals surface area contributed by atoms with E-state index in [1.54, 1.807) is 25.1 Å². The molecule has 4 rings (SSSR count). The van der Waals surface area contributed by atoms with Crippen LogP contribution in [0.3, 0.4) is 0 Å². The molecule has 0 unspecified atom stereocenters. The number of carbonyl (C=O) groups is 3. The molecule has 29 heavy (non-hydrogen) atoms. The van der Waals surface area contributed by atoms with E-state index in [-0.39, 0.29) is 19.1 Å². The smallest absolute Gasteiger partial charge is 0.325 e. The van der Waals surface area contributed by atoms with Gasteiger partial charge in [-0.1, -0.05) is 18.2 Å². The first-order valence-electron chi connectivity index (χ1n) is 8.88. The molecule has 0 atom stereocenters. The summed E-state index contributed by atoms with van der Waals surface area (Å²) in [7, 11) is 0. The van der Waals surface area contributed by atoms with E-state index in [2.05, 4.69) is 5.32 Å². The molecule has 1 N–H and O–H groups in total. The Kier molecular flexibility index (Phi) is 4.90. The van der Waals surface area contributed by atoms with Gasteiger partial charge in [-0.25, -0.2) is 0 Å². The second-order valence-corrected chi connectivity index (χ2v) is 6.39. The summed E-state index contributed by atoms with van der Waals surface area (Å²) < 4.78 is 20.9. The maximum Gasteiger partial charge on any atom is 0.325 e. The maximum absolute atomic E-state index is 12.3. The molecule has 2 aromatic carbocycles. The minimum atomic E-state index is -0.735. The normalized spacial score (nSPS) is 12.0. The van der Waals surface area contributed by atoms with Gasteiger partial charge >= 0.3 is 5.97 Å². The number of nitrogens with one attached hydrogen (secondary N) is 1. The maximum atomic E-state index is 12.3. The van der Waals surface area contributed by atoms with Crippen molar-refractivity contribution in [3.8, 4) is 11.5 Å². The van der Waals surface area contributed by atoms with Crippen molar-refractivity contribution in [2.45, 2.75) is 6.92 Å². The van der Waals surface area contributed by atoms with Crippen LogP contribution in [0, 0.1) is 6.92 Å². The molecule has 0 saturated heterocycles. The third-order valence-corrected chi connectivity index (χ3v) is 4.49. The van der Waals surface area contributed by atoms with Crippen LogP contribution in [-0.2, 0) is 9.53 Å². The number of para-hydroxylation sites is 1. The van der Waals surface area contributed by atoms with E-state index in [4.69, 9.17) is 18.6 Å². The van der Waals surface area contributed by atoms with Crippen molar-refractivity contribution in [1.29, 1.82) is 0 Å². The summed E-state index contributed by atoms with van der Waals surface area (Å²) in [5.74, 6) is -0.481. The molecule has 1 aliphatic rings. The van der Waals surface area contributed by atoms with E-state index in [0.717, 1.165) is 5.39 Å². The van der Waals surface area contributed by atoms with E-state index >= 15 is 0 Å². The summed E-state index contributed by atoms with van der Waals surface area (Å²) >= 11 is 0. The molecule has 0 fully saturated rings. The first kappa shape index (κ1) is 18.5. The topological polar surface area (TPSA) is 104 Å². The number of hydrogen-bond donors (Lipinski definition) is 1. The molecule has 1 amide bonds. The lowest BCUT2D eigenvalue weighted by atomic mass is 10.1. The molecule has 2 heterocycles. The number of rotatable bonds is 6. The predicted octanol–water partition coefficient (Wildman–Crippen LogP) is 2.63. The summed E-state index contributed by atoms with van der Waals surface area (Å²) in [6.07, 6.45) is 0. The van der Waals surface area contributed by atoms with E-state index in [1.165, 1.54) is 6.07 Å². The zero-order chi connectivity index (χ0) is 20.4. The number of Topliss-reactive ketones (excluding diaryl/α,β-unsaturated/α-hetero) is 1. The van der Waals surface area contributed by atoms with Crippen LogP contribution in [-0.4, -0.2) is 37.6 Å². The molecular formula is C21H17NO7. The van der Waals surface area contributed by atoms with Gasteiger partial charge in [0.25, 0.3) is 5.91 Å². The lowest BCUT2D eigenvalue weighted by Gasteiger charge is -2.06. The molecule has 0 saturated carbocycles. The molecule has 0 bridgehead atoms. The minimum absolute atomic E-state index is 0.103. The molecule has 0 spiro atoms. The zero-order valence-electron chi connectivity index (χ0n) is 15.5. The van der Waals surface area contributed by atoms with Crippen LogP contribution in [0.15, 0.2) is 46.9 Å². The predicted molar refractivity (Wildman–Crippen MR) is 101 cm³/mol. The van der Waals surface area contributed by atoms with Gasteiger partial charge in [-0.05, 0) is 31.2 Å². The number of ether oxygens (including phenoxy) is 3. The average Bonchev–Trinajstić information content (AvgIpc) is 3.34. The molecule has 8 nitrogen and oxygen atoms in total. The molecule has 8 heteroatoms. The largest absolute Gasteiger partial charge is 0.456 e. The van der Waals surface area contributed by atoms with Gasteiger partial charge < -0.3 is 23.9 Å². The van der Waals surface area contributed by atoms with Gasteiger partial charge in [0.05, 0.1) is 0 Å². The number of esters is 1. The molecule has 0 aliphatic carbocycles. The van der Waals surface area contributed by atoms with Crippen LogP contribution in [0.5, 0.6) is 11.5 Å². The highest BCUT2D eigenvalue weighted by Crippen LogP contribution is 2.32. The minimum Gasteiger partial charge on any atom is -0.456 e. The third kappa shape index (κ3) is 3.77. The van der Waals surface area contributed by atoms with Crippen LogP contribution in [0.1, 0.15) is 26.5 Å². The van der Waals surface area contributed by atoms with E-state index in [1.807, 2.05) is 18.2 Å². The van der Waals surface area contributed by atoms with E-state index < -0.39 is 24.3 Å². The number of carbonyl (C=O) groups excluding carboxylic acids is 3. The van der Waals surface area contributed by atoms with Crippen molar-refractivity contribution in [3.05, 3.63) is 59.4 Å². The molecule has 1 aromatic heterocycles. The summed E-state index contributed by atoms with van der Waals surface area (Å²) in [6, 6.07) is 12.0. The van der Waals surface area contributed by atoms with Crippen molar-refractivity contribution >= 4 is 28.6 Å². The van der Waals surface area contributed by atoms with Crippen molar-refractivity contribution in [2.75, 3.05) is 19.9 Å². The molecule has 1 aliphatic heterocycles. The fourth-order valence-corrected chi connectivity index (χ4v) is 3.00. The summed E-state index contributed by atoms with van der Waals surface area (Å²) in [5.41, 5.74) is 1.60. The van der Waals surface area contributed by atoms with Crippen molar-refractivity contribution in [1.82, 2.24) is 5.32 Å². The first-order valence-corrected chi connectivity index (χ1v) is 8.88. The number of benzene rings is 2. The SMILES string of the molecule is Cc1c(C(=O)COC(=O)CNC(=O)c2ccc3c(c2)OCO3)oc2ccccc12. The Bertz CT molecular complexity index is 1120. The Morgan fingerprint density at radius 2 is 1.86 bits per heavy atom. The van der Waals surface area contributed by atoms with Crippen molar-refractivity contribution in [3.63, 3.8) is 0 Å². The summed E-state index contributed by atoms with van der Waals surface area (Å²) in [5, 5.41) is 3.27. The highest BCUT2D eigenvalue weighted by atomic mass is 16.7. The number of amides is 1. The number of aryl methyl sites for hydroxylation is 1. The Morgan fingerprint density at radius 3 is 2.69 bits per heavy atom. The Hall–Kier alpha value is -3.81. The third-order valence-electron chi connectivity index (χ3n) is 4.49. The number of hydrogen-bond acceptors (Lipinski definition) is 7. The van der Waals surface area contributed by atoms with Crippen LogP contribution in [0.2, 0.25) is 0 Å². The Balaban J connectivity index is 1.30. The second-order valence-electron chi connectivity index (χ2n) is 6.39. The first-order chi connectivity index (χ1) is 14.0. The molecule has 3 aromatic rings. The quantitative estimate of drug-likeness (QED) is 0.505. The lowest BCUT2D eigenvalue weighted by molar-refractivity contribution is -0.141. The monoisotopic (exact) mass is 395 g/mol. The second kappa shape index (κ2) is 7.67. The molecular weight excluding hydrogens is 378 g/mol. The van der Waals surface area contributed by atoms with E-state index in [9.17, 15) is 14.4 Å². The van der Waals surface area contributed by atoms with Gasteiger partial charge in [-0.3, -0.25) is 14.4 Å². The molecule has 148 valence electrons. The van der Waals surface area contributed by atoms with Gasteiger partial charge in [-0.15, -0.1) is 0 Å². The van der Waals surface area contributed by atoms with Gasteiger partial charge in [-0.2, -0.15) is 0 Å². The highest BCUT2D eigenvalue weighted by molar-refractivity contribution is 6.01. The Morgan fingerprint density at radius 1 is 1.07 bits per heavy atom. The average molecular weight is 395 g/mol. The fourth-order valence-electron chi connectivity index (χ4n) is 3.00. The summed E-state index contributed by atoms with van der Waals surface area (Å²) in [4.78, 5) is 36.4. The Labute approximate surface area is 165 Å². The van der Waals surface area contributed by atoms with Gasteiger partial charge in [0.15, 0.2) is 23.9 Å². The van der Waals surface area contributed by atoms with Gasteiger partial charge in [0.2, 0.25) is 12.6 Å². The van der Waals surface area contributed by atoms with Crippen LogP contribution < -0.4 is 14.8 Å². The van der Waals surface area contributed by atoms with Crippen molar-refractivity contribution < 1.29 is 33.0 Å². The summed E-state index contributed by atoms with van der Waals surface area (Å²) in [6.45, 7) is 1.02. The lowest BCUT2D eigenvalue weighted by Crippen LogP contribution is -2.31.